The number of hydrogen-bond donors (Lipinski definition) is 1. The van der Waals surface area contributed by atoms with E-state index < -0.39 is 5.60 Å². The molecule has 156 valence electrons. The van der Waals surface area contributed by atoms with Crippen molar-refractivity contribution in [3.05, 3.63) is 41.5 Å². The Morgan fingerprint density at radius 1 is 1.21 bits per heavy atom. The number of carbonyl (C=O) groups is 1. The van der Waals surface area contributed by atoms with Crippen molar-refractivity contribution in [2.45, 2.75) is 58.1 Å². The van der Waals surface area contributed by atoms with Crippen LogP contribution in [0.5, 0.6) is 5.75 Å². The molecule has 0 unspecified atom stereocenters. The molecule has 1 aromatic heterocycles. The second kappa shape index (κ2) is 8.14. The average Bonchev–Trinajstić information content (AvgIpc) is 3.01. The number of piperidine rings is 1. The number of nitrogens with one attached hydrogen (secondary N) is 1. The Morgan fingerprint density at radius 3 is 2.79 bits per heavy atom. The topological polar surface area (TPSA) is 72.3 Å². The van der Waals surface area contributed by atoms with E-state index in [1.165, 1.54) is 6.42 Å². The Bertz CT molecular complexity index is 870. The monoisotopic (exact) mass is 397 g/mol. The molecule has 1 saturated heterocycles. The number of ether oxygens (including phenoxy) is 1. The summed E-state index contributed by atoms with van der Waals surface area (Å²) >= 11 is 0. The van der Waals surface area contributed by atoms with Crippen molar-refractivity contribution in [1.82, 2.24) is 25.0 Å². The van der Waals surface area contributed by atoms with Crippen LogP contribution in [0.15, 0.2) is 24.3 Å². The molecule has 2 aliphatic heterocycles. The van der Waals surface area contributed by atoms with Crippen LogP contribution in [-0.2, 0) is 17.8 Å². The number of nitrogens with zero attached hydrogens (tertiary/aromatic N) is 4. The molecule has 7 nitrogen and oxygen atoms in total. The Morgan fingerprint density at radius 2 is 2.03 bits per heavy atom. The summed E-state index contributed by atoms with van der Waals surface area (Å²) in [6, 6.07) is 7.82. The SMILES string of the molecule is Cc1ccccc1OC(C)(C)C(=O)N1CCc2nnc([C@H]3CCCNC3)n2CC1. The van der Waals surface area contributed by atoms with E-state index in [-0.39, 0.29) is 5.91 Å². The smallest absolute Gasteiger partial charge is 0.266 e. The molecule has 2 aliphatic rings. The molecule has 29 heavy (non-hydrogen) atoms. The minimum Gasteiger partial charge on any atom is -0.478 e. The molecule has 0 aliphatic carbocycles. The second-order valence-corrected chi connectivity index (χ2v) is 8.59. The van der Waals surface area contributed by atoms with Crippen LogP contribution in [0.25, 0.3) is 0 Å². The summed E-state index contributed by atoms with van der Waals surface area (Å²) in [7, 11) is 0. The third kappa shape index (κ3) is 4.15. The molecule has 3 heterocycles. The maximum atomic E-state index is 13.3. The zero-order valence-corrected chi connectivity index (χ0v) is 17.6. The lowest BCUT2D eigenvalue weighted by Gasteiger charge is -2.32. The minimum absolute atomic E-state index is 0.0142. The highest BCUT2D eigenvalue weighted by Gasteiger charge is 2.36. The Labute approximate surface area is 172 Å². The van der Waals surface area contributed by atoms with Gasteiger partial charge in [0.05, 0.1) is 0 Å². The summed E-state index contributed by atoms with van der Waals surface area (Å²) in [6.45, 7) is 9.76. The van der Waals surface area contributed by atoms with Gasteiger partial charge in [0.25, 0.3) is 5.91 Å². The molecular formula is C22H31N5O2. The van der Waals surface area contributed by atoms with Crippen molar-refractivity contribution >= 4 is 5.91 Å². The molecular weight excluding hydrogens is 366 g/mol. The van der Waals surface area contributed by atoms with Gasteiger partial charge in [-0.2, -0.15) is 0 Å². The highest BCUT2D eigenvalue weighted by Crippen LogP contribution is 2.26. The maximum Gasteiger partial charge on any atom is 0.266 e. The van der Waals surface area contributed by atoms with Crippen LogP contribution < -0.4 is 10.1 Å². The number of benzene rings is 1. The predicted octanol–water partition coefficient (Wildman–Crippen LogP) is 2.30. The number of aryl methyl sites for hydroxylation is 1. The van der Waals surface area contributed by atoms with Crippen LogP contribution in [-0.4, -0.2) is 57.4 Å². The van der Waals surface area contributed by atoms with Crippen molar-refractivity contribution in [2.75, 3.05) is 26.2 Å². The molecule has 7 heteroatoms. The van der Waals surface area contributed by atoms with Gasteiger partial charge in [0.2, 0.25) is 0 Å². The highest BCUT2D eigenvalue weighted by molar-refractivity contribution is 5.85. The fraction of sp³-hybridized carbons (Fsp3) is 0.591. The largest absolute Gasteiger partial charge is 0.478 e. The van der Waals surface area contributed by atoms with Crippen LogP contribution in [0.3, 0.4) is 0 Å². The standard InChI is InChI=1S/C22H31N5O2/c1-16-7-4-5-9-18(16)29-22(2,3)21(28)26-12-10-19-24-25-20(27(19)14-13-26)17-8-6-11-23-15-17/h4-5,7,9,17,23H,6,8,10-15H2,1-3H3/t17-/m0/s1. The predicted molar refractivity (Wildman–Crippen MR) is 111 cm³/mol. The minimum atomic E-state index is -0.924. The Balaban J connectivity index is 1.46. The van der Waals surface area contributed by atoms with Crippen molar-refractivity contribution in [2.24, 2.45) is 0 Å². The van der Waals surface area contributed by atoms with Crippen LogP contribution in [0, 0.1) is 6.92 Å². The molecule has 1 fully saturated rings. The van der Waals surface area contributed by atoms with Gasteiger partial charge in [-0.1, -0.05) is 18.2 Å². The molecule has 1 N–H and O–H groups in total. The van der Waals surface area contributed by atoms with Gasteiger partial charge in [-0.05, 0) is 51.8 Å². The summed E-state index contributed by atoms with van der Waals surface area (Å²) in [5.41, 5.74) is 0.105. The lowest BCUT2D eigenvalue weighted by atomic mass is 9.99. The van der Waals surface area contributed by atoms with E-state index in [2.05, 4.69) is 20.1 Å². The number of rotatable bonds is 4. The molecule has 1 aromatic carbocycles. The summed E-state index contributed by atoms with van der Waals surface area (Å²) in [4.78, 5) is 15.2. The molecule has 4 rings (SSSR count). The van der Waals surface area contributed by atoms with E-state index in [0.717, 1.165) is 55.4 Å². The molecule has 0 spiro atoms. The molecule has 0 radical (unpaired) electrons. The van der Waals surface area contributed by atoms with Gasteiger partial charge in [0.1, 0.15) is 17.4 Å². The number of amides is 1. The van der Waals surface area contributed by atoms with Gasteiger partial charge in [-0.15, -0.1) is 10.2 Å². The quantitative estimate of drug-likeness (QED) is 0.857. The van der Waals surface area contributed by atoms with Crippen molar-refractivity contribution in [3.8, 4) is 5.75 Å². The Hall–Kier alpha value is -2.41. The van der Waals surface area contributed by atoms with Crippen molar-refractivity contribution in [3.63, 3.8) is 0 Å². The van der Waals surface area contributed by atoms with Crippen molar-refractivity contribution < 1.29 is 9.53 Å². The van der Waals surface area contributed by atoms with Gasteiger partial charge in [0, 0.05) is 38.5 Å². The van der Waals surface area contributed by atoms with Gasteiger partial charge in [-0.3, -0.25) is 4.79 Å². The van der Waals surface area contributed by atoms with Gasteiger partial charge in [-0.25, -0.2) is 0 Å². The average molecular weight is 398 g/mol. The molecule has 1 atom stereocenters. The number of carbonyl (C=O) groups excluding carboxylic acids is 1. The second-order valence-electron chi connectivity index (χ2n) is 8.59. The third-order valence-corrected chi connectivity index (χ3v) is 5.98. The summed E-state index contributed by atoms with van der Waals surface area (Å²) < 4.78 is 8.37. The summed E-state index contributed by atoms with van der Waals surface area (Å²) in [5.74, 6) is 3.23. The fourth-order valence-corrected chi connectivity index (χ4v) is 4.29. The van der Waals surface area contributed by atoms with Gasteiger partial charge < -0.3 is 19.5 Å². The fourth-order valence-electron chi connectivity index (χ4n) is 4.29. The first-order valence-electron chi connectivity index (χ1n) is 10.6. The summed E-state index contributed by atoms with van der Waals surface area (Å²) in [6.07, 6.45) is 3.03. The van der Waals surface area contributed by atoms with Crippen LogP contribution >= 0.6 is 0 Å². The van der Waals surface area contributed by atoms with Crippen LogP contribution in [0.2, 0.25) is 0 Å². The van der Waals surface area contributed by atoms with Gasteiger partial charge >= 0.3 is 0 Å². The third-order valence-electron chi connectivity index (χ3n) is 5.98. The van der Waals surface area contributed by atoms with E-state index in [9.17, 15) is 4.79 Å². The van der Waals surface area contributed by atoms with E-state index in [0.29, 0.717) is 19.0 Å². The first-order chi connectivity index (χ1) is 14.0. The zero-order chi connectivity index (χ0) is 20.4. The number of para-hydroxylation sites is 1. The maximum absolute atomic E-state index is 13.3. The summed E-state index contributed by atoms with van der Waals surface area (Å²) in [5, 5.41) is 12.4. The number of hydrogen-bond acceptors (Lipinski definition) is 5. The van der Waals surface area contributed by atoms with E-state index >= 15 is 0 Å². The zero-order valence-electron chi connectivity index (χ0n) is 17.6. The Kier molecular flexibility index (Phi) is 5.58. The first kappa shape index (κ1) is 19.9. The molecule has 2 aromatic rings. The normalized spacial score (nSPS) is 20.1. The van der Waals surface area contributed by atoms with E-state index in [1.54, 1.807) is 0 Å². The molecule has 0 saturated carbocycles. The lowest BCUT2D eigenvalue weighted by Crippen LogP contribution is -2.50. The van der Waals surface area contributed by atoms with E-state index in [1.807, 2.05) is 49.9 Å². The first-order valence-corrected chi connectivity index (χ1v) is 10.6. The number of fused-ring (bicyclic) bond motifs is 1. The van der Waals surface area contributed by atoms with Crippen LogP contribution in [0.1, 0.15) is 49.8 Å². The molecule has 0 bridgehead atoms. The molecule has 1 amide bonds. The number of aromatic nitrogens is 3. The van der Waals surface area contributed by atoms with E-state index in [4.69, 9.17) is 4.74 Å². The van der Waals surface area contributed by atoms with Crippen LogP contribution in [0.4, 0.5) is 0 Å². The van der Waals surface area contributed by atoms with Crippen molar-refractivity contribution in [1.29, 1.82) is 0 Å². The highest BCUT2D eigenvalue weighted by atomic mass is 16.5. The van der Waals surface area contributed by atoms with Gasteiger partial charge in [0.15, 0.2) is 5.60 Å². The lowest BCUT2D eigenvalue weighted by molar-refractivity contribution is -0.145.